The molecule has 0 saturated heterocycles. The molecule has 7 nitrogen and oxygen atoms in total. The van der Waals surface area contributed by atoms with Crippen LogP contribution in [0.5, 0.6) is 0 Å². The first-order valence-electron chi connectivity index (χ1n) is 5.16. The number of hydrogen-bond donors (Lipinski definition) is 4. The summed E-state index contributed by atoms with van der Waals surface area (Å²) in [4.78, 5) is 17.3. The molecule has 1 heterocycles. The van der Waals surface area contributed by atoms with Crippen molar-refractivity contribution in [3.05, 3.63) is 24.0 Å². The van der Waals surface area contributed by atoms with E-state index in [1.165, 1.54) is 23.4 Å². The van der Waals surface area contributed by atoms with Crippen LogP contribution in [0.25, 0.3) is 0 Å². The Balaban J connectivity index is 2.92. The Labute approximate surface area is 98.8 Å². The third kappa shape index (κ3) is 3.38. The standard InChI is InChI=1S/C10H16N4O3/c11-13-9-7-12-2-1-8(9)10(17)14(3-5-15)4-6-16/h1-2,7,13,15-16H,3-6,11H2. The summed E-state index contributed by atoms with van der Waals surface area (Å²) in [5.74, 6) is 4.96. The number of hydrogen-bond acceptors (Lipinski definition) is 6. The van der Waals surface area contributed by atoms with Crippen LogP contribution in [-0.4, -0.2) is 52.3 Å². The van der Waals surface area contributed by atoms with Crippen molar-refractivity contribution in [2.75, 3.05) is 31.7 Å². The lowest BCUT2D eigenvalue weighted by Gasteiger charge is -2.21. The second-order valence-corrected chi connectivity index (χ2v) is 3.31. The molecule has 0 saturated carbocycles. The molecule has 7 heteroatoms. The van der Waals surface area contributed by atoms with Crippen molar-refractivity contribution in [3.63, 3.8) is 0 Å². The van der Waals surface area contributed by atoms with E-state index in [-0.39, 0.29) is 32.2 Å². The van der Waals surface area contributed by atoms with Gasteiger partial charge in [-0.1, -0.05) is 0 Å². The topological polar surface area (TPSA) is 112 Å². The van der Waals surface area contributed by atoms with Gasteiger partial charge in [0.25, 0.3) is 5.91 Å². The maximum atomic E-state index is 12.1. The Bertz CT molecular complexity index is 366. The minimum atomic E-state index is -0.316. The van der Waals surface area contributed by atoms with Gasteiger partial charge in [0.15, 0.2) is 0 Å². The van der Waals surface area contributed by atoms with Gasteiger partial charge in [-0.3, -0.25) is 15.6 Å². The van der Waals surface area contributed by atoms with Crippen molar-refractivity contribution < 1.29 is 15.0 Å². The maximum absolute atomic E-state index is 12.1. The van der Waals surface area contributed by atoms with Crippen LogP contribution >= 0.6 is 0 Å². The normalized spacial score (nSPS) is 10.1. The summed E-state index contributed by atoms with van der Waals surface area (Å²) in [6.45, 7) is -0.0120. The lowest BCUT2D eigenvalue weighted by molar-refractivity contribution is 0.0685. The van der Waals surface area contributed by atoms with Crippen LogP contribution in [-0.2, 0) is 0 Å². The minimum Gasteiger partial charge on any atom is -0.395 e. The van der Waals surface area contributed by atoms with Crippen molar-refractivity contribution in [2.24, 2.45) is 5.84 Å². The molecule has 0 aliphatic carbocycles. The van der Waals surface area contributed by atoms with Crippen LogP contribution in [0.4, 0.5) is 5.69 Å². The number of nitrogens with one attached hydrogen (secondary N) is 1. The molecule has 94 valence electrons. The number of nitrogen functional groups attached to an aromatic ring is 1. The van der Waals surface area contributed by atoms with E-state index < -0.39 is 0 Å². The highest BCUT2D eigenvalue weighted by atomic mass is 16.3. The molecule has 0 aliphatic rings. The van der Waals surface area contributed by atoms with E-state index in [0.29, 0.717) is 11.3 Å². The van der Waals surface area contributed by atoms with Crippen LogP contribution in [0.3, 0.4) is 0 Å². The predicted molar refractivity (Wildman–Crippen MR) is 62.1 cm³/mol. The molecule has 0 aromatic carbocycles. The van der Waals surface area contributed by atoms with E-state index >= 15 is 0 Å². The van der Waals surface area contributed by atoms with Gasteiger partial charge in [0.1, 0.15) is 0 Å². The van der Waals surface area contributed by atoms with Crippen molar-refractivity contribution >= 4 is 11.6 Å². The Morgan fingerprint density at radius 1 is 1.41 bits per heavy atom. The van der Waals surface area contributed by atoms with Gasteiger partial charge in [-0.25, -0.2) is 0 Å². The summed E-state index contributed by atoms with van der Waals surface area (Å²) in [6.07, 6.45) is 2.91. The second kappa shape index (κ2) is 6.79. The number of carbonyl (C=O) groups is 1. The van der Waals surface area contributed by atoms with Gasteiger partial charge < -0.3 is 20.5 Å². The number of nitrogens with zero attached hydrogens (tertiary/aromatic N) is 2. The summed E-state index contributed by atoms with van der Waals surface area (Å²) in [6, 6.07) is 1.53. The Kier molecular flexibility index (Phi) is 5.34. The first kappa shape index (κ1) is 13.4. The van der Waals surface area contributed by atoms with E-state index in [1.807, 2.05) is 0 Å². The van der Waals surface area contributed by atoms with Gasteiger partial charge in [-0.15, -0.1) is 0 Å². The average Bonchev–Trinajstić information content (AvgIpc) is 2.37. The molecule has 1 amide bonds. The summed E-state index contributed by atoms with van der Waals surface area (Å²) >= 11 is 0. The van der Waals surface area contributed by atoms with Gasteiger partial charge >= 0.3 is 0 Å². The Morgan fingerprint density at radius 3 is 2.59 bits per heavy atom. The zero-order chi connectivity index (χ0) is 12.7. The smallest absolute Gasteiger partial charge is 0.256 e. The molecular weight excluding hydrogens is 224 g/mol. The monoisotopic (exact) mass is 240 g/mol. The SMILES string of the molecule is NNc1cnccc1C(=O)N(CCO)CCO. The molecule has 0 fully saturated rings. The molecule has 0 unspecified atom stereocenters. The number of amides is 1. The van der Waals surface area contributed by atoms with E-state index in [2.05, 4.69) is 10.4 Å². The minimum absolute atomic E-state index is 0.158. The van der Waals surface area contributed by atoms with Gasteiger partial charge in [-0.2, -0.15) is 0 Å². The van der Waals surface area contributed by atoms with Crippen LogP contribution in [0.15, 0.2) is 18.5 Å². The zero-order valence-corrected chi connectivity index (χ0v) is 9.33. The number of aromatic nitrogens is 1. The number of aliphatic hydroxyl groups excluding tert-OH is 2. The molecule has 0 spiro atoms. The third-order valence-electron chi connectivity index (χ3n) is 2.23. The highest BCUT2D eigenvalue weighted by Gasteiger charge is 2.17. The largest absolute Gasteiger partial charge is 0.395 e. The van der Waals surface area contributed by atoms with E-state index in [0.717, 1.165) is 0 Å². The van der Waals surface area contributed by atoms with Gasteiger partial charge in [0.2, 0.25) is 0 Å². The third-order valence-corrected chi connectivity index (χ3v) is 2.23. The van der Waals surface area contributed by atoms with Crippen molar-refractivity contribution in [2.45, 2.75) is 0 Å². The molecule has 0 bridgehead atoms. The zero-order valence-electron chi connectivity index (χ0n) is 9.33. The first-order valence-corrected chi connectivity index (χ1v) is 5.16. The lowest BCUT2D eigenvalue weighted by Crippen LogP contribution is -2.36. The number of aliphatic hydroxyl groups is 2. The average molecular weight is 240 g/mol. The molecule has 0 aliphatic heterocycles. The number of pyridine rings is 1. The fourth-order valence-electron chi connectivity index (χ4n) is 1.42. The number of hydrazine groups is 1. The molecule has 1 aromatic rings. The van der Waals surface area contributed by atoms with Crippen molar-refractivity contribution in [1.82, 2.24) is 9.88 Å². The Morgan fingerprint density at radius 2 is 2.06 bits per heavy atom. The van der Waals surface area contributed by atoms with E-state index in [1.54, 1.807) is 0 Å². The van der Waals surface area contributed by atoms with Crippen molar-refractivity contribution in [3.8, 4) is 0 Å². The van der Waals surface area contributed by atoms with Crippen molar-refractivity contribution in [1.29, 1.82) is 0 Å². The highest BCUT2D eigenvalue weighted by molar-refractivity contribution is 5.99. The molecule has 0 radical (unpaired) electrons. The summed E-state index contributed by atoms with van der Waals surface area (Å²) in [5, 5.41) is 17.7. The van der Waals surface area contributed by atoms with Gasteiger partial charge in [0.05, 0.1) is 30.7 Å². The molecule has 17 heavy (non-hydrogen) atoms. The maximum Gasteiger partial charge on any atom is 0.256 e. The van der Waals surface area contributed by atoms with E-state index in [4.69, 9.17) is 16.1 Å². The van der Waals surface area contributed by atoms with E-state index in [9.17, 15) is 4.79 Å². The first-order chi connectivity index (χ1) is 8.24. The summed E-state index contributed by atoms with van der Waals surface area (Å²) in [7, 11) is 0. The molecular formula is C10H16N4O3. The fraction of sp³-hybridized carbons (Fsp3) is 0.400. The number of rotatable bonds is 6. The predicted octanol–water partition coefficient (Wildman–Crippen LogP) is -1.21. The number of anilines is 1. The van der Waals surface area contributed by atoms with Gasteiger partial charge in [0, 0.05) is 19.3 Å². The van der Waals surface area contributed by atoms with Crippen LogP contribution in [0.2, 0.25) is 0 Å². The molecule has 1 rings (SSSR count). The Hall–Kier alpha value is -1.70. The molecule has 5 N–H and O–H groups in total. The number of carbonyl (C=O) groups excluding carboxylic acids is 1. The lowest BCUT2D eigenvalue weighted by atomic mass is 10.2. The number of nitrogens with two attached hydrogens (primary N) is 1. The summed E-state index contributed by atoms with van der Waals surface area (Å²) < 4.78 is 0. The fourth-order valence-corrected chi connectivity index (χ4v) is 1.42. The molecule has 0 atom stereocenters. The summed E-state index contributed by atoms with van der Waals surface area (Å²) in [5.41, 5.74) is 3.13. The quantitative estimate of drug-likeness (QED) is 0.367. The highest BCUT2D eigenvalue weighted by Crippen LogP contribution is 2.14. The second-order valence-electron chi connectivity index (χ2n) is 3.31. The molecule has 1 aromatic heterocycles. The van der Waals surface area contributed by atoms with Crippen LogP contribution < -0.4 is 11.3 Å². The van der Waals surface area contributed by atoms with Crippen LogP contribution in [0.1, 0.15) is 10.4 Å². The van der Waals surface area contributed by atoms with Crippen LogP contribution in [0, 0.1) is 0 Å². The van der Waals surface area contributed by atoms with Gasteiger partial charge in [-0.05, 0) is 6.07 Å².